The van der Waals surface area contributed by atoms with E-state index in [4.69, 9.17) is 4.74 Å². The highest BCUT2D eigenvalue weighted by molar-refractivity contribution is 5.91. The fourth-order valence-corrected chi connectivity index (χ4v) is 3.06. The number of phenols is 1. The molecule has 8 nitrogen and oxygen atoms in total. The Morgan fingerprint density at radius 1 is 1.17 bits per heavy atom. The van der Waals surface area contributed by atoms with E-state index >= 15 is 0 Å². The predicted octanol–water partition coefficient (Wildman–Crippen LogP) is 3.11. The molecule has 2 atom stereocenters. The molecule has 0 heterocycles. The number of likely N-dealkylation sites (N-methyl/N-ethyl adjacent to an activating group) is 1. The highest BCUT2D eigenvalue weighted by atomic mass is 16.6. The van der Waals surface area contributed by atoms with E-state index in [2.05, 4.69) is 10.6 Å². The molecular weight excluding hydrogens is 386 g/mol. The highest BCUT2D eigenvalue weighted by Crippen LogP contribution is 2.29. The third kappa shape index (κ3) is 7.93. The minimum atomic E-state index is -1.02. The summed E-state index contributed by atoms with van der Waals surface area (Å²) >= 11 is 0. The Morgan fingerprint density at radius 2 is 1.80 bits per heavy atom. The number of para-hydroxylation sites is 1. The van der Waals surface area contributed by atoms with Crippen LogP contribution in [0.4, 0.5) is 4.79 Å². The summed E-state index contributed by atoms with van der Waals surface area (Å²) in [5.41, 5.74) is -0.364. The molecule has 0 fully saturated rings. The number of carbonyl (C=O) groups is 3. The summed E-state index contributed by atoms with van der Waals surface area (Å²) in [5, 5.41) is 15.7. The molecule has 3 N–H and O–H groups in total. The summed E-state index contributed by atoms with van der Waals surface area (Å²) in [6, 6.07) is 5.33. The first-order valence-corrected chi connectivity index (χ1v) is 10.3. The normalized spacial score (nSPS) is 13.1. The minimum absolute atomic E-state index is 0.0767. The van der Waals surface area contributed by atoms with Gasteiger partial charge in [0, 0.05) is 18.2 Å². The number of rotatable bonds is 9. The van der Waals surface area contributed by atoms with Crippen molar-refractivity contribution >= 4 is 17.9 Å². The number of nitrogens with zero attached hydrogens (tertiary/aromatic N) is 1. The van der Waals surface area contributed by atoms with Crippen molar-refractivity contribution in [1.82, 2.24) is 15.5 Å². The second kappa shape index (κ2) is 11.4. The van der Waals surface area contributed by atoms with Crippen LogP contribution < -0.4 is 10.6 Å². The van der Waals surface area contributed by atoms with Crippen LogP contribution in [-0.2, 0) is 14.3 Å². The predicted molar refractivity (Wildman–Crippen MR) is 115 cm³/mol. The van der Waals surface area contributed by atoms with Gasteiger partial charge in [0.1, 0.15) is 23.9 Å². The summed E-state index contributed by atoms with van der Waals surface area (Å²) in [6.07, 6.45) is 0.977. The van der Waals surface area contributed by atoms with E-state index in [1.165, 1.54) is 11.0 Å². The van der Waals surface area contributed by atoms with Crippen LogP contribution in [0.5, 0.6) is 5.75 Å². The van der Waals surface area contributed by atoms with E-state index in [1.807, 2.05) is 13.8 Å². The number of alkyl carbamates (subject to hydrolysis) is 1. The second-order valence-corrected chi connectivity index (χ2v) is 8.19. The van der Waals surface area contributed by atoms with Gasteiger partial charge in [-0.15, -0.1) is 0 Å². The van der Waals surface area contributed by atoms with Gasteiger partial charge in [-0.1, -0.05) is 31.5 Å². The van der Waals surface area contributed by atoms with Crippen molar-refractivity contribution in [2.24, 2.45) is 0 Å². The largest absolute Gasteiger partial charge is 0.508 e. The highest BCUT2D eigenvalue weighted by Gasteiger charge is 2.33. The number of hydrogen-bond donors (Lipinski definition) is 3. The summed E-state index contributed by atoms with van der Waals surface area (Å²) in [4.78, 5) is 39.2. The number of hydrogen-bond acceptors (Lipinski definition) is 5. The molecule has 168 valence electrons. The molecule has 0 aromatic heterocycles. The topological polar surface area (TPSA) is 108 Å². The van der Waals surface area contributed by atoms with Gasteiger partial charge in [-0.3, -0.25) is 9.59 Å². The van der Waals surface area contributed by atoms with Gasteiger partial charge in [-0.05, 0) is 47.1 Å². The molecule has 0 saturated heterocycles. The summed E-state index contributed by atoms with van der Waals surface area (Å²) in [6.45, 7) is 10.7. The third-order valence-electron chi connectivity index (χ3n) is 4.35. The number of aromatic hydroxyl groups is 1. The van der Waals surface area contributed by atoms with Crippen molar-refractivity contribution < 1.29 is 24.2 Å². The lowest BCUT2D eigenvalue weighted by atomic mass is 10.0. The van der Waals surface area contributed by atoms with E-state index in [1.54, 1.807) is 45.9 Å². The molecule has 1 aromatic carbocycles. The first-order valence-electron chi connectivity index (χ1n) is 10.3. The molecule has 0 aliphatic rings. The third-order valence-corrected chi connectivity index (χ3v) is 4.35. The Labute approximate surface area is 179 Å². The van der Waals surface area contributed by atoms with Crippen LogP contribution >= 0.6 is 0 Å². The van der Waals surface area contributed by atoms with E-state index in [0.717, 1.165) is 12.8 Å². The molecule has 30 heavy (non-hydrogen) atoms. The number of phenolic OH excluding ortho intramolecular Hbond substituents is 1. The SMILES string of the molecule is CCCC(C)NC(=O)C(c1ccccc1O)N(CC)C(=O)CNC(=O)OC(C)(C)C. The summed E-state index contributed by atoms with van der Waals surface area (Å²) in [5.74, 6) is -0.924. The van der Waals surface area contributed by atoms with Gasteiger partial charge in [0.05, 0.1) is 0 Å². The molecule has 0 bridgehead atoms. The quantitative estimate of drug-likeness (QED) is 0.568. The molecule has 0 spiro atoms. The first-order chi connectivity index (χ1) is 14.0. The van der Waals surface area contributed by atoms with Crippen LogP contribution in [0.15, 0.2) is 24.3 Å². The van der Waals surface area contributed by atoms with Crippen molar-refractivity contribution in [3.8, 4) is 5.75 Å². The van der Waals surface area contributed by atoms with Gasteiger partial charge in [-0.2, -0.15) is 0 Å². The van der Waals surface area contributed by atoms with Gasteiger partial charge in [-0.25, -0.2) is 4.79 Å². The van der Waals surface area contributed by atoms with Gasteiger partial charge in [0.2, 0.25) is 11.8 Å². The molecule has 0 saturated carbocycles. The van der Waals surface area contributed by atoms with Crippen molar-refractivity contribution in [3.05, 3.63) is 29.8 Å². The average molecular weight is 422 g/mol. The van der Waals surface area contributed by atoms with Gasteiger partial charge in [0.25, 0.3) is 0 Å². The van der Waals surface area contributed by atoms with Crippen molar-refractivity contribution in [3.63, 3.8) is 0 Å². The average Bonchev–Trinajstić information content (AvgIpc) is 2.63. The lowest BCUT2D eigenvalue weighted by Gasteiger charge is -2.32. The summed E-state index contributed by atoms with van der Waals surface area (Å²) in [7, 11) is 0. The van der Waals surface area contributed by atoms with Crippen LogP contribution in [0, 0.1) is 0 Å². The van der Waals surface area contributed by atoms with E-state index in [-0.39, 0.29) is 30.8 Å². The number of nitrogens with one attached hydrogen (secondary N) is 2. The van der Waals surface area contributed by atoms with Crippen LogP contribution in [0.25, 0.3) is 0 Å². The van der Waals surface area contributed by atoms with Crippen LogP contribution in [0.3, 0.4) is 0 Å². The standard InChI is InChI=1S/C22H35N3O5/c1-7-11-15(3)24-20(28)19(16-12-9-10-13-17(16)26)25(8-2)18(27)14-23-21(29)30-22(4,5)6/h9-10,12-13,15,19,26H,7-8,11,14H2,1-6H3,(H,23,29)(H,24,28). The summed E-state index contributed by atoms with van der Waals surface area (Å²) < 4.78 is 5.15. The van der Waals surface area contributed by atoms with Gasteiger partial charge in [0.15, 0.2) is 0 Å². The molecule has 1 rings (SSSR count). The molecule has 2 unspecified atom stereocenters. The van der Waals surface area contributed by atoms with Gasteiger partial charge >= 0.3 is 6.09 Å². The van der Waals surface area contributed by atoms with E-state index in [0.29, 0.717) is 5.56 Å². The molecule has 0 radical (unpaired) electrons. The maximum Gasteiger partial charge on any atom is 0.408 e. The van der Waals surface area contributed by atoms with Crippen LogP contribution in [0.1, 0.15) is 66.0 Å². The Morgan fingerprint density at radius 3 is 2.33 bits per heavy atom. The number of benzene rings is 1. The number of amides is 3. The van der Waals surface area contributed by atoms with Crippen molar-refractivity contribution in [2.75, 3.05) is 13.1 Å². The number of carbonyl (C=O) groups excluding carboxylic acids is 3. The zero-order valence-corrected chi connectivity index (χ0v) is 18.8. The molecule has 8 heteroatoms. The monoisotopic (exact) mass is 421 g/mol. The van der Waals surface area contributed by atoms with Gasteiger partial charge < -0.3 is 25.4 Å². The molecule has 1 aromatic rings. The maximum absolute atomic E-state index is 13.1. The lowest BCUT2D eigenvalue weighted by molar-refractivity contribution is -0.140. The van der Waals surface area contributed by atoms with E-state index in [9.17, 15) is 19.5 Å². The van der Waals surface area contributed by atoms with E-state index < -0.39 is 23.6 Å². The first kappa shape index (κ1) is 25.3. The molecule has 0 aliphatic carbocycles. The molecule has 0 aliphatic heterocycles. The van der Waals surface area contributed by atoms with Crippen LogP contribution in [-0.4, -0.2) is 52.6 Å². The van der Waals surface area contributed by atoms with Crippen molar-refractivity contribution in [2.45, 2.75) is 72.1 Å². The Bertz CT molecular complexity index is 730. The number of ether oxygens (including phenoxy) is 1. The fraction of sp³-hybridized carbons (Fsp3) is 0.591. The smallest absolute Gasteiger partial charge is 0.408 e. The second-order valence-electron chi connectivity index (χ2n) is 8.19. The maximum atomic E-state index is 13.1. The lowest BCUT2D eigenvalue weighted by Crippen LogP contribution is -2.49. The Hall–Kier alpha value is -2.77. The molecule has 3 amide bonds. The minimum Gasteiger partial charge on any atom is -0.508 e. The Balaban J connectivity index is 3.07. The van der Waals surface area contributed by atoms with Crippen molar-refractivity contribution in [1.29, 1.82) is 0 Å². The molecular formula is C22H35N3O5. The Kier molecular flexibility index (Phi) is 9.62. The zero-order chi connectivity index (χ0) is 22.9. The fourth-order valence-electron chi connectivity index (χ4n) is 3.06. The van der Waals surface area contributed by atoms with Crippen LogP contribution in [0.2, 0.25) is 0 Å². The zero-order valence-electron chi connectivity index (χ0n) is 18.8.